The Labute approximate surface area is 181 Å². The third kappa shape index (κ3) is 6.59. The van der Waals surface area contributed by atoms with Gasteiger partial charge >= 0.3 is 0 Å². The van der Waals surface area contributed by atoms with Gasteiger partial charge in [-0.2, -0.15) is 0 Å². The summed E-state index contributed by atoms with van der Waals surface area (Å²) in [6.07, 6.45) is 4.69. The zero-order valence-electron chi connectivity index (χ0n) is 18.7. The van der Waals surface area contributed by atoms with Crippen LogP contribution in [0.15, 0.2) is 29.3 Å². The number of rotatable bonds is 9. The van der Waals surface area contributed by atoms with Crippen molar-refractivity contribution < 1.29 is 14.2 Å². The first-order valence-electron chi connectivity index (χ1n) is 11.2. The van der Waals surface area contributed by atoms with E-state index < -0.39 is 0 Å². The molecule has 0 aliphatic carbocycles. The van der Waals surface area contributed by atoms with Crippen LogP contribution in [0.4, 0.5) is 0 Å². The average molecular weight is 419 g/mol. The van der Waals surface area contributed by atoms with Gasteiger partial charge in [0.2, 0.25) is 0 Å². The van der Waals surface area contributed by atoms with Gasteiger partial charge in [-0.3, -0.25) is 9.89 Å². The monoisotopic (exact) mass is 418 g/mol. The molecule has 2 fully saturated rings. The van der Waals surface area contributed by atoms with Crippen LogP contribution in [0.2, 0.25) is 0 Å². The highest BCUT2D eigenvalue weighted by atomic mass is 16.5. The van der Waals surface area contributed by atoms with Gasteiger partial charge in [-0.25, -0.2) is 0 Å². The highest BCUT2D eigenvalue weighted by molar-refractivity contribution is 5.79. The fraction of sp³-hybridized carbons (Fsp3) is 0.696. The summed E-state index contributed by atoms with van der Waals surface area (Å²) in [6.45, 7) is 5.20. The fourth-order valence-corrected chi connectivity index (χ4v) is 4.42. The number of ether oxygens (including phenoxy) is 3. The van der Waals surface area contributed by atoms with Crippen molar-refractivity contribution in [2.24, 2.45) is 10.9 Å². The quantitative estimate of drug-likeness (QED) is 0.365. The lowest BCUT2D eigenvalue weighted by Gasteiger charge is -2.40. The number of piperidine rings is 1. The Morgan fingerprint density at radius 2 is 2.07 bits per heavy atom. The molecule has 3 unspecified atom stereocenters. The number of aliphatic imine (C=N–C) groups is 1. The molecule has 2 saturated heterocycles. The largest absolute Gasteiger partial charge is 0.497 e. The van der Waals surface area contributed by atoms with Gasteiger partial charge in [-0.05, 0) is 62.9 Å². The van der Waals surface area contributed by atoms with E-state index in [9.17, 15) is 0 Å². The second-order valence-electron chi connectivity index (χ2n) is 8.19. The molecule has 2 aliphatic heterocycles. The molecule has 1 aromatic carbocycles. The van der Waals surface area contributed by atoms with E-state index in [1.165, 1.54) is 18.4 Å². The second-order valence-corrected chi connectivity index (χ2v) is 8.19. The van der Waals surface area contributed by atoms with Gasteiger partial charge in [0.25, 0.3) is 0 Å². The molecular formula is C23H38N4O3. The predicted molar refractivity (Wildman–Crippen MR) is 120 cm³/mol. The number of hydrogen-bond acceptors (Lipinski definition) is 5. The molecule has 3 rings (SSSR count). The first kappa shape index (κ1) is 22.8. The first-order valence-corrected chi connectivity index (χ1v) is 11.2. The fourth-order valence-electron chi connectivity index (χ4n) is 4.42. The van der Waals surface area contributed by atoms with Crippen molar-refractivity contribution in [3.8, 4) is 5.75 Å². The molecular weight excluding hydrogens is 380 g/mol. The third-order valence-corrected chi connectivity index (χ3v) is 6.07. The number of benzene rings is 1. The van der Waals surface area contributed by atoms with E-state index in [2.05, 4.69) is 51.8 Å². The zero-order chi connectivity index (χ0) is 21.2. The summed E-state index contributed by atoms with van der Waals surface area (Å²) >= 11 is 0. The van der Waals surface area contributed by atoms with Crippen molar-refractivity contribution in [1.29, 1.82) is 0 Å². The summed E-state index contributed by atoms with van der Waals surface area (Å²) in [6, 6.07) is 8.91. The second kappa shape index (κ2) is 12.1. The van der Waals surface area contributed by atoms with E-state index in [4.69, 9.17) is 14.2 Å². The van der Waals surface area contributed by atoms with Crippen LogP contribution in [-0.2, 0) is 9.47 Å². The minimum atomic E-state index is 0.278. The van der Waals surface area contributed by atoms with Gasteiger partial charge in [0.15, 0.2) is 5.96 Å². The van der Waals surface area contributed by atoms with Crippen LogP contribution in [0.1, 0.15) is 37.3 Å². The predicted octanol–water partition coefficient (Wildman–Crippen LogP) is 2.44. The van der Waals surface area contributed by atoms with E-state index >= 15 is 0 Å². The molecule has 0 amide bonds. The standard InChI is InChI=1S/C23H38N4O3/c1-24-23(25-12-5-14-30-21-11-15-29-17-21)26-16-19-6-4-13-27(2)22(19)18-7-9-20(28-3)10-8-18/h7-10,19,21-22H,4-6,11-17H2,1-3H3,(H2,24,25,26). The molecule has 0 radical (unpaired) electrons. The number of hydrogen-bond donors (Lipinski definition) is 2. The molecule has 0 saturated carbocycles. The smallest absolute Gasteiger partial charge is 0.190 e. The topological polar surface area (TPSA) is 67.4 Å². The Morgan fingerprint density at radius 3 is 2.77 bits per heavy atom. The maximum absolute atomic E-state index is 5.83. The highest BCUT2D eigenvalue weighted by Gasteiger charge is 2.30. The van der Waals surface area contributed by atoms with Crippen molar-refractivity contribution in [2.75, 3.05) is 60.7 Å². The van der Waals surface area contributed by atoms with Gasteiger partial charge < -0.3 is 24.8 Å². The summed E-state index contributed by atoms with van der Waals surface area (Å²) in [5.41, 5.74) is 1.35. The molecule has 2 aliphatic rings. The number of methoxy groups -OCH3 is 1. The number of nitrogens with one attached hydrogen (secondary N) is 2. The highest BCUT2D eigenvalue weighted by Crippen LogP contribution is 2.35. The average Bonchev–Trinajstić information content (AvgIpc) is 3.29. The Bertz CT molecular complexity index is 646. The van der Waals surface area contributed by atoms with Crippen molar-refractivity contribution in [2.45, 2.75) is 37.8 Å². The summed E-state index contributed by atoms with van der Waals surface area (Å²) in [4.78, 5) is 6.86. The Kier molecular flexibility index (Phi) is 9.24. The first-order chi connectivity index (χ1) is 14.7. The molecule has 30 heavy (non-hydrogen) atoms. The Balaban J connectivity index is 1.44. The van der Waals surface area contributed by atoms with Crippen LogP contribution in [0.5, 0.6) is 5.75 Å². The van der Waals surface area contributed by atoms with E-state index in [-0.39, 0.29) is 6.10 Å². The van der Waals surface area contributed by atoms with E-state index in [0.717, 1.165) is 64.0 Å². The SMILES string of the molecule is CN=C(NCCCOC1CCOC1)NCC1CCCN(C)C1c1ccc(OC)cc1. The third-order valence-electron chi connectivity index (χ3n) is 6.07. The molecule has 2 heterocycles. The molecule has 0 aromatic heterocycles. The van der Waals surface area contributed by atoms with Crippen molar-refractivity contribution >= 4 is 5.96 Å². The molecule has 0 bridgehead atoms. The Hall–Kier alpha value is -1.83. The van der Waals surface area contributed by atoms with Gasteiger partial charge in [-0.15, -0.1) is 0 Å². The number of guanidine groups is 1. The summed E-state index contributed by atoms with van der Waals surface area (Å²) in [5, 5.41) is 6.95. The van der Waals surface area contributed by atoms with Gasteiger partial charge in [-0.1, -0.05) is 12.1 Å². The lowest BCUT2D eigenvalue weighted by Crippen LogP contribution is -2.45. The maximum Gasteiger partial charge on any atom is 0.190 e. The summed E-state index contributed by atoms with van der Waals surface area (Å²) in [7, 11) is 5.77. The van der Waals surface area contributed by atoms with Crippen LogP contribution in [0.25, 0.3) is 0 Å². The van der Waals surface area contributed by atoms with E-state index in [0.29, 0.717) is 12.0 Å². The molecule has 7 heteroatoms. The van der Waals surface area contributed by atoms with Crippen LogP contribution < -0.4 is 15.4 Å². The summed E-state index contributed by atoms with van der Waals surface area (Å²) in [5.74, 6) is 2.29. The van der Waals surface area contributed by atoms with Crippen molar-refractivity contribution in [3.05, 3.63) is 29.8 Å². The zero-order valence-corrected chi connectivity index (χ0v) is 18.7. The van der Waals surface area contributed by atoms with Crippen LogP contribution in [0.3, 0.4) is 0 Å². The molecule has 1 aromatic rings. The van der Waals surface area contributed by atoms with E-state index in [1.54, 1.807) is 7.11 Å². The normalized spacial score (nSPS) is 25.3. The van der Waals surface area contributed by atoms with Gasteiger partial charge in [0, 0.05) is 39.4 Å². The number of nitrogens with zero attached hydrogens (tertiary/aromatic N) is 2. The Morgan fingerprint density at radius 1 is 1.23 bits per heavy atom. The van der Waals surface area contributed by atoms with Crippen LogP contribution in [-0.4, -0.2) is 77.6 Å². The molecule has 0 spiro atoms. The molecule has 168 valence electrons. The summed E-state index contributed by atoms with van der Waals surface area (Å²) < 4.78 is 16.5. The van der Waals surface area contributed by atoms with E-state index in [1.807, 2.05) is 7.05 Å². The minimum Gasteiger partial charge on any atom is -0.497 e. The lowest BCUT2D eigenvalue weighted by atomic mass is 9.85. The van der Waals surface area contributed by atoms with Crippen molar-refractivity contribution in [1.82, 2.24) is 15.5 Å². The molecule has 3 atom stereocenters. The van der Waals surface area contributed by atoms with Gasteiger partial charge in [0.05, 0.1) is 19.8 Å². The van der Waals surface area contributed by atoms with Crippen LogP contribution in [0, 0.1) is 5.92 Å². The molecule has 7 nitrogen and oxygen atoms in total. The van der Waals surface area contributed by atoms with Crippen LogP contribution >= 0.6 is 0 Å². The maximum atomic E-state index is 5.83. The minimum absolute atomic E-state index is 0.278. The van der Waals surface area contributed by atoms with Gasteiger partial charge in [0.1, 0.15) is 5.75 Å². The van der Waals surface area contributed by atoms with Crippen molar-refractivity contribution in [3.63, 3.8) is 0 Å². The lowest BCUT2D eigenvalue weighted by molar-refractivity contribution is 0.0420. The number of likely N-dealkylation sites (tertiary alicyclic amines) is 1. The molecule has 2 N–H and O–H groups in total.